The van der Waals surface area contributed by atoms with Crippen LogP contribution < -0.4 is 5.32 Å². The Morgan fingerprint density at radius 1 is 1.28 bits per heavy atom. The van der Waals surface area contributed by atoms with Crippen LogP contribution in [0.15, 0.2) is 12.3 Å². The lowest BCUT2D eigenvalue weighted by Crippen LogP contribution is -2.31. The summed E-state index contributed by atoms with van der Waals surface area (Å²) in [6.45, 7) is 4.41. The summed E-state index contributed by atoms with van der Waals surface area (Å²) in [5, 5.41) is 8.17. The molecule has 3 heteroatoms. The van der Waals surface area contributed by atoms with Crippen molar-refractivity contribution >= 4 is 0 Å². The van der Waals surface area contributed by atoms with Crippen molar-refractivity contribution in [2.45, 2.75) is 64.0 Å². The number of hydrogen-bond donors (Lipinski definition) is 1. The summed E-state index contributed by atoms with van der Waals surface area (Å²) in [5.41, 5.74) is 1.47. The summed E-state index contributed by atoms with van der Waals surface area (Å²) in [7, 11) is 0. The van der Waals surface area contributed by atoms with Crippen molar-refractivity contribution in [3.8, 4) is 0 Å². The van der Waals surface area contributed by atoms with Crippen LogP contribution >= 0.6 is 0 Å². The van der Waals surface area contributed by atoms with Gasteiger partial charge in [0, 0.05) is 30.4 Å². The van der Waals surface area contributed by atoms with Gasteiger partial charge < -0.3 is 5.32 Å². The minimum absolute atomic E-state index is 0.729. The number of nitrogens with one attached hydrogen (secondary N) is 1. The van der Waals surface area contributed by atoms with Crippen LogP contribution in [0.2, 0.25) is 0 Å². The molecule has 0 saturated heterocycles. The average molecular weight is 247 g/mol. The van der Waals surface area contributed by atoms with Crippen LogP contribution in [0.25, 0.3) is 0 Å². The van der Waals surface area contributed by atoms with Crippen molar-refractivity contribution in [2.75, 3.05) is 6.54 Å². The molecular weight excluding hydrogens is 222 g/mol. The van der Waals surface area contributed by atoms with Gasteiger partial charge in [-0.05, 0) is 51.1 Å². The molecule has 2 saturated carbocycles. The molecule has 1 aromatic heterocycles. The van der Waals surface area contributed by atoms with E-state index in [0.29, 0.717) is 0 Å². The summed E-state index contributed by atoms with van der Waals surface area (Å²) in [5.74, 6) is 1.55. The van der Waals surface area contributed by atoms with Crippen LogP contribution in [0.1, 0.15) is 57.1 Å². The van der Waals surface area contributed by atoms with E-state index < -0.39 is 0 Å². The van der Waals surface area contributed by atoms with Crippen LogP contribution in [0.5, 0.6) is 0 Å². The zero-order chi connectivity index (χ0) is 12.4. The second-order valence-electron chi connectivity index (χ2n) is 5.91. The molecule has 0 aromatic carbocycles. The van der Waals surface area contributed by atoms with Crippen LogP contribution in [0, 0.1) is 5.92 Å². The fourth-order valence-corrected chi connectivity index (χ4v) is 3.37. The van der Waals surface area contributed by atoms with Gasteiger partial charge in [0.05, 0.1) is 0 Å². The molecule has 2 aliphatic carbocycles. The van der Waals surface area contributed by atoms with E-state index in [4.69, 9.17) is 0 Å². The highest BCUT2D eigenvalue weighted by molar-refractivity contribution is 5.11. The molecular formula is C15H25N3. The predicted octanol–water partition coefficient (Wildman–Crippen LogP) is 2.93. The van der Waals surface area contributed by atoms with E-state index in [1.165, 1.54) is 50.8 Å². The van der Waals surface area contributed by atoms with Gasteiger partial charge in [0.25, 0.3) is 0 Å². The largest absolute Gasteiger partial charge is 0.314 e. The molecule has 2 unspecified atom stereocenters. The summed E-state index contributed by atoms with van der Waals surface area (Å²) in [6, 6.07) is 3.08. The molecule has 2 aliphatic rings. The van der Waals surface area contributed by atoms with E-state index in [1.807, 2.05) is 6.20 Å². The van der Waals surface area contributed by atoms with Crippen molar-refractivity contribution in [3.63, 3.8) is 0 Å². The molecule has 0 spiro atoms. The molecule has 18 heavy (non-hydrogen) atoms. The van der Waals surface area contributed by atoms with E-state index in [9.17, 15) is 0 Å². The summed E-state index contributed by atoms with van der Waals surface area (Å²) < 4.78 is 2.19. The molecule has 3 nitrogen and oxygen atoms in total. The summed E-state index contributed by atoms with van der Waals surface area (Å²) in [4.78, 5) is 0. The molecule has 0 aliphatic heterocycles. The number of rotatable bonds is 5. The smallest absolute Gasteiger partial charge is 0.0492 e. The number of nitrogens with zero attached hydrogens (tertiary/aromatic N) is 2. The van der Waals surface area contributed by atoms with Crippen LogP contribution in [-0.2, 0) is 6.54 Å². The van der Waals surface area contributed by atoms with Crippen molar-refractivity contribution in [1.82, 2.24) is 15.1 Å². The third-order valence-electron chi connectivity index (χ3n) is 4.58. The SMILES string of the molecule is CCn1nccc1C1CCCCC1CNC1CC1. The normalized spacial score (nSPS) is 28.5. The Morgan fingerprint density at radius 2 is 2.11 bits per heavy atom. The lowest BCUT2D eigenvalue weighted by Gasteiger charge is -2.32. The summed E-state index contributed by atoms with van der Waals surface area (Å²) >= 11 is 0. The van der Waals surface area contributed by atoms with Crippen molar-refractivity contribution < 1.29 is 0 Å². The Morgan fingerprint density at radius 3 is 2.89 bits per heavy atom. The Labute approximate surface area is 110 Å². The standard InChI is InChI=1S/C15H25N3/c1-2-18-15(9-10-17-18)14-6-4-3-5-12(14)11-16-13-7-8-13/h9-10,12-14,16H,2-8,11H2,1H3. The highest BCUT2D eigenvalue weighted by Crippen LogP contribution is 2.37. The van der Waals surface area contributed by atoms with Crippen molar-refractivity contribution in [3.05, 3.63) is 18.0 Å². The van der Waals surface area contributed by atoms with Gasteiger partial charge in [-0.2, -0.15) is 5.10 Å². The number of aryl methyl sites for hydroxylation is 1. The fraction of sp³-hybridized carbons (Fsp3) is 0.800. The van der Waals surface area contributed by atoms with Crippen LogP contribution in [0.4, 0.5) is 0 Å². The predicted molar refractivity (Wildman–Crippen MR) is 73.6 cm³/mol. The van der Waals surface area contributed by atoms with E-state index in [2.05, 4.69) is 28.1 Å². The molecule has 0 radical (unpaired) electrons. The zero-order valence-electron chi connectivity index (χ0n) is 11.4. The van der Waals surface area contributed by atoms with Gasteiger partial charge in [0.15, 0.2) is 0 Å². The molecule has 3 rings (SSSR count). The first-order valence-electron chi connectivity index (χ1n) is 7.63. The maximum atomic E-state index is 4.45. The van der Waals surface area contributed by atoms with Gasteiger partial charge in [-0.1, -0.05) is 12.8 Å². The Hall–Kier alpha value is -0.830. The third-order valence-corrected chi connectivity index (χ3v) is 4.58. The topological polar surface area (TPSA) is 29.9 Å². The first-order valence-corrected chi connectivity index (χ1v) is 7.63. The molecule has 0 amide bonds. The van der Waals surface area contributed by atoms with Gasteiger partial charge in [-0.25, -0.2) is 0 Å². The van der Waals surface area contributed by atoms with E-state index in [0.717, 1.165) is 24.4 Å². The minimum atomic E-state index is 0.729. The van der Waals surface area contributed by atoms with Crippen molar-refractivity contribution in [1.29, 1.82) is 0 Å². The number of aromatic nitrogens is 2. The first kappa shape index (κ1) is 12.2. The van der Waals surface area contributed by atoms with E-state index >= 15 is 0 Å². The average Bonchev–Trinajstić information content (AvgIpc) is 3.12. The van der Waals surface area contributed by atoms with Gasteiger partial charge >= 0.3 is 0 Å². The highest BCUT2D eigenvalue weighted by Gasteiger charge is 2.30. The Bertz CT molecular complexity index is 381. The lowest BCUT2D eigenvalue weighted by molar-refractivity contribution is 0.283. The maximum absolute atomic E-state index is 4.45. The molecule has 1 N–H and O–H groups in total. The van der Waals surface area contributed by atoms with E-state index in [1.54, 1.807) is 0 Å². The van der Waals surface area contributed by atoms with Crippen molar-refractivity contribution in [2.24, 2.45) is 5.92 Å². The Kier molecular flexibility index (Phi) is 3.69. The zero-order valence-corrected chi connectivity index (χ0v) is 11.4. The van der Waals surface area contributed by atoms with Crippen LogP contribution in [0.3, 0.4) is 0 Å². The van der Waals surface area contributed by atoms with Gasteiger partial charge in [0.1, 0.15) is 0 Å². The highest BCUT2D eigenvalue weighted by atomic mass is 15.3. The van der Waals surface area contributed by atoms with Gasteiger partial charge in [-0.3, -0.25) is 4.68 Å². The monoisotopic (exact) mass is 247 g/mol. The van der Waals surface area contributed by atoms with Gasteiger partial charge in [0.2, 0.25) is 0 Å². The molecule has 100 valence electrons. The quantitative estimate of drug-likeness (QED) is 0.867. The van der Waals surface area contributed by atoms with Crippen LogP contribution in [-0.4, -0.2) is 22.4 Å². The second-order valence-corrected chi connectivity index (χ2v) is 5.91. The first-order chi connectivity index (χ1) is 8.88. The Balaban J connectivity index is 1.69. The summed E-state index contributed by atoms with van der Waals surface area (Å²) in [6.07, 6.45) is 10.3. The molecule has 2 atom stereocenters. The minimum Gasteiger partial charge on any atom is -0.314 e. The molecule has 1 heterocycles. The third kappa shape index (κ3) is 2.61. The molecule has 2 fully saturated rings. The lowest BCUT2D eigenvalue weighted by atomic mass is 9.77. The maximum Gasteiger partial charge on any atom is 0.0492 e. The number of hydrogen-bond acceptors (Lipinski definition) is 2. The second kappa shape index (κ2) is 5.43. The fourth-order valence-electron chi connectivity index (χ4n) is 3.37. The van der Waals surface area contributed by atoms with Gasteiger partial charge in [-0.15, -0.1) is 0 Å². The molecule has 0 bridgehead atoms. The van der Waals surface area contributed by atoms with E-state index in [-0.39, 0.29) is 0 Å². The molecule has 1 aromatic rings.